The van der Waals surface area contributed by atoms with E-state index in [9.17, 15) is 0 Å². The van der Waals surface area contributed by atoms with Gasteiger partial charge >= 0.3 is 0 Å². The quantitative estimate of drug-likeness (QED) is 0.336. The molecule has 2 aromatic heterocycles. The van der Waals surface area contributed by atoms with E-state index in [0.717, 1.165) is 45.0 Å². The second-order valence-electron chi connectivity index (χ2n) is 6.00. The van der Waals surface area contributed by atoms with Gasteiger partial charge in [-0.05, 0) is 37.1 Å². The summed E-state index contributed by atoms with van der Waals surface area (Å²) in [5.74, 6) is 0. The zero-order valence-electron chi connectivity index (χ0n) is 15.0. The Bertz CT molecular complexity index is 1120. The van der Waals surface area contributed by atoms with Crippen molar-refractivity contribution in [3.63, 3.8) is 0 Å². The van der Waals surface area contributed by atoms with Crippen LogP contribution in [0.2, 0.25) is 0 Å². The van der Waals surface area contributed by atoms with E-state index < -0.39 is 0 Å². The molecule has 0 saturated heterocycles. The molecule has 0 unspecified atom stereocenters. The molecule has 1 N–H and O–H groups in total. The van der Waals surface area contributed by atoms with Crippen LogP contribution in [0.3, 0.4) is 0 Å². The molecular formula is C20H18N6S. The van der Waals surface area contributed by atoms with Crippen LogP contribution in [0.25, 0.3) is 10.9 Å². The van der Waals surface area contributed by atoms with Crippen molar-refractivity contribution < 1.29 is 0 Å². The summed E-state index contributed by atoms with van der Waals surface area (Å²) in [7, 11) is 0. The lowest BCUT2D eigenvalue weighted by molar-refractivity contribution is 0.982. The number of benzene rings is 2. The summed E-state index contributed by atoms with van der Waals surface area (Å²) < 4.78 is 0. The average Bonchev–Trinajstić information content (AvgIpc) is 3.33. The summed E-state index contributed by atoms with van der Waals surface area (Å²) in [6, 6.07) is 15.9. The minimum Gasteiger partial charge on any atom is -0.359 e. The van der Waals surface area contributed by atoms with Crippen LogP contribution in [-0.4, -0.2) is 20.9 Å². The van der Waals surface area contributed by atoms with Gasteiger partial charge in [0, 0.05) is 22.8 Å². The molecule has 0 atom stereocenters. The van der Waals surface area contributed by atoms with E-state index in [-0.39, 0.29) is 0 Å². The number of para-hydroxylation sites is 1. The summed E-state index contributed by atoms with van der Waals surface area (Å²) in [5.41, 5.74) is 4.59. The first-order valence-corrected chi connectivity index (χ1v) is 9.50. The molecule has 0 spiro atoms. The van der Waals surface area contributed by atoms with Crippen molar-refractivity contribution in [2.75, 3.05) is 0 Å². The molecule has 2 heterocycles. The maximum atomic E-state index is 4.55. The molecule has 0 aliphatic rings. The van der Waals surface area contributed by atoms with E-state index in [0.29, 0.717) is 5.13 Å². The molecule has 0 aliphatic carbocycles. The highest BCUT2D eigenvalue weighted by molar-refractivity contribution is 7.15. The lowest BCUT2D eigenvalue weighted by atomic mass is 10.1. The van der Waals surface area contributed by atoms with E-state index in [2.05, 4.69) is 37.3 Å². The zero-order chi connectivity index (χ0) is 18.6. The molecule has 2 aromatic carbocycles. The van der Waals surface area contributed by atoms with Gasteiger partial charge in [0.2, 0.25) is 5.13 Å². The third-order valence-corrected chi connectivity index (χ3v) is 5.11. The first kappa shape index (κ1) is 17.2. The number of aromatic amines is 1. The predicted octanol–water partition coefficient (Wildman–Crippen LogP) is 6.14. The maximum Gasteiger partial charge on any atom is 0.231 e. The number of nitrogens with one attached hydrogen (secondary N) is 1. The SMILES string of the molecule is CCc1nnc(/N=C(/C)c2ccc(N=Nc3c[nH]c4ccccc34)cc2)s1. The number of rotatable bonds is 5. The lowest BCUT2D eigenvalue weighted by Crippen LogP contribution is -1.92. The first-order chi connectivity index (χ1) is 13.2. The molecule has 0 bridgehead atoms. The van der Waals surface area contributed by atoms with Gasteiger partial charge in [0.05, 0.1) is 5.69 Å². The molecule has 4 rings (SSSR count). The van der Waals surface area contributed by atoms with Crippen LogP contribution in [0.4, 0.5) is 16.5 Å². The highest BCUT2D eigenvalue weighted by atomic mass is 32.1. The van der Waals surface area contributed by atoms with Gasteiger partial charge in [0.25, 0.3) is 0 Å². The topological polar surface area (TPSA) is 78.7 Å². The number of nitrogens with zero attached hydrogens (tertiary/aromatic N) is 5. The molecular weight excluding hydrogens is 356 g/mol. The molecule has 27 heavy (non-hydrogen) atoms. The number of aliphatic imine (C=N–C) groups is 1. The fourth-order valence-electron chi connectivity index (χ4n) is 2.66. The minimum absolute atomic E-state index is 0.687. The molecule has 6 nitrogen and oxygen atoms in total. The summed E-state index contributed by atoms with van der Waals surface area (Å²) in [4.78, 5) is 7.75. The van der Waals surface area contributed by atoms with Crippen molar-refractivity contribution in [2.24, 2.45) is 15.2 Å². The molecule has 4 aromatic rings. The molecule has 0 radical (unpaired) electrons. The summed E-state index contributed by atoms with van der Waals surface area (Å²) in [5, 5.41) is 19.6. The highest BCUT2D eigenvalue weighted by Gasteiger charge is 2.04. The normalized spacial score (nSPS) is 12.3. The number of fused-ring (bicyclic) bond motifs is 1. The van der Waals surface area contributed by atoms with Crippen molar-refractivity contribution in [2.45, 2.75) is 20.3 Å². The fourth-order valence-corrected chi connectivity index (χ4v) is 3.36. The zero-order valence-corrected chi connectivity index (χ0v) is 15.9. The number of H-pyrrole nitrogens is 1. The van der Waals surface area contributed by atoms with Crippen LogP contribution in [-0.2, 0) is 6.42 Å². The van der Waals surface area contributed by atoms with Gasteiger partial charge in [-0.3, -0.25) is 0 Å². The molecule has 0 saturated carbocycles. The van der Waals surface area contributed by atoms with Gasteiger partial charge < -0.3 is 4.98 Å². The molecule has 0 aliphatic heterocycles. The molecule has 134 valence electrons. The van der Waals surface area contributed by atoms with E-state index >= 15 is 0 Å². The van der Waals surface area contributed by atoms with E-state index in [4.69, 9.17) is 0 Å². The number of hydrogen-bond donors (Lipinski definition) is 1. The highest BCUT2D eigenvalue weighted by Crippen LogP contribution is 2.27. The van der Waals surface area contributed by atoms with Crippen LogP contribution in [0, 0.1) is 0 Å². The molecule has 0 amide bonds. The largest absolute Gasteiger partial charge is 0.359 e. The Hall–Kier alpha value is -3.19. The monoisotopic (exact) mass is 374 g/mol. The van der Waals surface area contributed by atoms with Gasteiger partial charge in [-0.15, -0.1) is 15.3 Å². The van der Waals surface area contributed by atoms with Crippen LogP contribution in [0.15, 0.2) is 69.9 Å². The van der Waals surface area contributed by atoms with Crippen molar-refractivity contribution in [1.82, 2.24) is 15.2 Å². The van der Waals surface area contributed by atoms with Gasteiger partial charge in [0.15, 0.2) is 0 Å². The van der Waals surface area contributed by atoms with Crippen LogP contribution in [0.1, 0.15) is 24.4 Å². The number of aromatic nitrogens is 3. The van der Waals surface area contributed by atoms with Crippen molar-refractivity contribution in [3.8, 4) is 0 Å². The number of hydrogen-bond acceptors (Lipinski definition) is 6. The summed E-state index contributed by atoms with van der Waals surface area (Å²) in [6.45, 7) is 4.03. The Labute approximate surface area is 160 Å². The van der Waals surface area contributed by atoms with Crippen LogP contribution >= 0.6 is 11.3 Å². The van der Waals surface area contributed by atoms with Gasteiger partial charge in [-0.25, -0.2) is 4.99 Å². The van der Waals surface area contributed by atoms with Gasteiger partial charge in [-0.1, -0.05) is 48.6 Å². The van der Waals surface area contributed by atoms with E-state index in [1.807, 2.05) is 61.7 Å². The standard InChI is InChI=1S/C20H18N6S/c1-3-19-25-26-20(27-19)22-13(2)14-8-10-15(11-9-14)23-24-18-12-21-17-7-5-4-6-16(17)18/h4-12,21H,3H2,1-2H3/b22-13-,24-23?. The second kappa shape index (κ2) is 7.59. The van der Waals surface area contributed by atoms with E-state index in [1.54, 1.807) is 0 Å². The summed E-state index contributed by atoms with van der Waals surface area (Å²) >= 11 is 1.52. The lowest BCUT2D eigenvalue weighted by Gasteiger charge is -2.00. The second-order valence-corrected chi connectivity index (χ2v) is 7.04. The van der Waals surface area contributed by atoms with Crippen molar-refractivity contribution in [1.29, 1.82) is 0 Å². The summed E-state index contributed by atoms with van der Waals surface area (Å²) in [6.07, 6.45) is 2.74. The van der Waals surface area contributed by atoms with Gasteiger partial charge in [-0.2, -0.15) is 5.11 Å². The first-order valence-electron chi connectivity index (χ1n) is 8.69. The van der Waals surface area contributed by atoms with Crippen LogP contribution < -0.4 is 0 Å². The Kier molecular flexibility index (Phi) is 4.84. The van der Waals surface area contributed by atoms with Gasteiger partial charge in [0.1, 0.15) is 10.7 Å². The third-order valence-electron chi connectivity index (χ3n) is 4.15. The number of azo groups is 1. The van der Waals surface area contributed by atoms with Crippen molar-refractivity contribution >= 4 is 44.5 Å². The molecule has 7 heteroatoms. The van der Waals surface area contributed by atoms with E-state index in [1.165, 1.54) is 11.3 Å². The maximum absolute atomic E-state index is 4.55. The van der Waals surface area contributed by atoms with Crippen LogP contribution in [0.5, 0.6) is 0 Å². The number of aryl methyl sites for hydroxylation is 1. The fraction of sp³-hybridized carbons (Fsp3) is 0.150. The predicted molar refractivity (Wildman–Crippen MR) is 110 cm³/mol. The average molecular weight is 374 g/mol. The Morgan fingerprint density at radius 3 is 2.63 bits per heavy atom. The smallest absolute Gasteiger partial charge is 0.231 e. The Morgan fingerprint density at radius 1 is 1.04 bits per heavy atom. The Balaban J connectivity index is 1.51. The third kappa shape index (κ3) is 3.83. The molecule has 0 fully saturated rings. The minimum atomic E-state index is 0.687. The Morgan fingerprint density at radius 2 is 1.85 bits per heavy atom. The van der Waals surface area contributed by atoms with Crippen molar-refractivity contribution in [3.05, 3.63) is 65.3 Å².